The Labute approximate surface area is 176 Å². The molecule has 6 N–H and O–H groups in total. The standard InChI is InChI=1S/C20H30ClN5O3/c1-20(2,3)29-19(27)26-9-7-25(8-10-26)16(18(23)24)12-15(22)14-6-5-13(21)11-17(14)28-4/h5-6,11-12H,7-10,22-24H2,1-4H3/b15-12-. The zero-order chi connectivity index (χ0) is 21.8. The molecule has 9 heteroatoms. The van der Waals surface area contributed by atoms with Crippen LogP contribution in [0.15, 0.2) is 35.8 Å². The molecule has 1 fully saturated rings. The molecule has 1 amide bonds. The van der Waals surface area contributed by atoms with Crippen LogP contribution in [-0.2, 0) is 4.74 Å². The van der Waals surface area contributed by atoms with Crippen molar-refractivity contribution in [2.75, 3.05) is 33.3 Å². The zero-order valence-corrected chi connectivity index (χ0v) is 18.1. The van der Waals surface area contributed by atoms with Crippen molar-refractivity contribution in [2.45, 2.75) is 26.4 Å². The number of allylic oxidation sites excluding steroid dienone is 1. The van der Waals surface area contributed by atoms with Crippen LogP contribution in [0.25, 0.3) is 5.70 Å². The maximum atomic E-state index is 12.3. The number of ether oxygens (including phenoxy) is 2. The summed E-state index contributed by atoms with van der Waals surface area (Å²) in [5.74, 6) is 0.697. The molecule has 1 aliphatic heterocycles. The molecular formula is C20H30ClN5O3. The first-order valence-electron chi connectivity index (χ1n) is 9.31. The summed E-state index contributed by atoms with van der Waals surface area (Å²) in [6.07, 6.45) is 1.38. The second-order valence-electron chi connectivity index (χ2n) is 7.74. The Kier molecular flexibility index (Phi) is 7.13. The first kappa shape index (κ1) is 22.5. The van der Waals surface area contributed by atoms with Crippen LogP contribution in [0, 0.1) is 0 Å². The topological polar surface area (TPSA) is 120 Å². The van der Waals surface area contributed by atoms with Crippen molar-refractivity contribution < 1.29 is 14.3 Å². The highest BCUT2D eigenvalue weighted by molar-refractivity contribution is 6.30. The third kappa shape index (κ3) is 6.12. The molecule has 1 aromatic carbocycles. The number of halogens is 1. The van der Waals surface area contributed by atoms with Crippen molar-refractivity contribution in [1.82, 2.24) is 9.80 Å². The molecule has 1 aliphatic rings. The molecule has 0 atom stereocenters. The number of methoxy groups -OCH3 is 1. The van der Waals surface area contributed by atoms with E-state index in [-0.39, 0.29) is 11.9 Å². The third-order valence-corrected chi connectivity index (χ3v) is 4.57. The van der Waals surface area contributed by atoms with Gasteiger partial charge in [-0.2, -0.15) is 0 Å². The number of rotatable bonds is 4. The van der Waals surface area contributed by atoms with Crippen LogP contribution in [0.5, 0.6) is 5.75 Å². The first-order chi connectivity index (χ1) is 13.5. The van der Waals surface area contributed by atoms with Gasteiger partial charge >= 0.3 is 6.09 Å². The molecule has 0 spiro atoms. The van der Waals surface area contributed by atoms with Gasteiger partial charge in [0.1, 0.15) is 17.2 Å². The van der Waals surface area contributed by atoms with Crippen LogP contribution in [-0.4, -0.2) is 54.8 Å². The minimum atomic E-state index is -0.532. The number of carbonyl (C=O) groups is 1. The maximum Gasteiger partial charge on any atom is 0.410 e. The average Bonchev–Trinajstić information content (AvgIpc) is 2.64. The van der Waals surface area contributed by atoms with Crippen molar-refractivity contribution in [2.24, 2.45) is 17.2 Å². The fourth-order valence-electron chi connectivity index (χ4n) is 2.94. The third-order valence-electron chi connectivity index (χ3n) is 4.33. The van der Waals surface area contributed by atoms with Crippen molar-refractivity contribution in [1.29, 1.82) is 0 Å². The van der Waals surface area contributed by atoms with Crippen molar-refractivity contribution in [3.8, 4) is 5.75 Å². The molecule has 8 nitrogen and oxygen atoms in total. The van der Waals surface area contributed by atoms with Gasteiger partial charge in [-0.15, -0.1) is 0 Å². The van der Waals surface area contributed by atoms with Crippen LogP contribution < -0.4 is 21.9 Å². The summed E-state index contributed by atoms with van der Waals surface area (Å²) in [6.45, 7) is 7.61. The van der Waals surface area contributed by atoms with Gasteiger partial charge in [0.15, 0.2) is 0 Å². The van der Waals surface area contributed by atoms with Crippen LogP contribution >= 0.6 is 11.6 Å². The highest BCUT2D eigenvalue weighted by Crippen LogP contribution is 2.28. The fourth-order valence-corrected chi connectivity index (χ4v) is 3.10. The Hall–Kier alpha value is -2.74. The molecule has 160 valence electrons. The van der Waals surface area contributed by atoms with E-state index in [0.717, 1.165) is 0 Å². The SMILES string of the molecule is COc1cc(Cl)ccc1/C(N)=C/C(=C(N)N)N1CCN(C(=O)OC(C)(C)C)CC1. The number of piperazine rings is 1. The van der Waals surface area contributed by atoms with E-state index in [1.165, 1.54) is 0 Å². The van der Waals surface area contributed by atoms with E-state index in [1.807, 2.05) is 25.7 Å². The van der Waals surface area contributed by atoms with Gasteiger partial charge in [-0.05, 0) is 45.0 Å². The molecule has 0 bridgehead atoms. The summed E-state index contributed by atoms with van der Waals surface area (Å²) >= 11 is 6.02. The van der Waals surface area contributed by atoms with Gasteiger partial charge < -0.3 is 36.5 Å². The predicted octanol–water partition coefficient (Wildman–Crippen LogP) is 2.29. The summed E-state index contributed by atoms with van der Waals surface area (Å²) in [7, 11) is 1.55. The number of hydrogen-bond acceptors (Lipinski definition) is 7. The fraction of sp³-hybridized carbons (Fsp3) is 0.450. The van der Waals surface area contributed by atoms with Gasteiger partial charge in [0, 0.05) is 42.5 Å². The molecule has 0 aromatic heterocycles. The average molecular weight is 424 g/mol. The van der Waals surface area contributed by atoms with Gasteiger partial charge in [0.2, 0.25) is 0 Å². The lowest BCUT2D eigenvalue weighted by molar-refractivity contribution is 0.0170. The lowest BCUT2D eigenvalue weighted by Crippen LogP contribution is -2.50. The van der Waals surface area contributed by atoms with Gasteiger partial charge in [0.25, 0.3) is 0 Å². The van der Waals surface area contributed by atoms with E-state index in [4.69, 9.17) is 38.3 Å². The Balaban J connectivity index is 2.15. The number of benzene rings is 1. The highest BCUT2D eigenvalue weighted by atomic mass is 35.5. The van der Waals surface area contributed by atoms with Crippen LogP contribution in [0.2, 0.25) is 5.02 Å². The number of amides is 1. The Morgan fingerprint density at radius 3 is 2.21 bits per heavy atom. The lowest BCUT2D eigenvalue weighted by atomic mass is 10.1. The Bertz CT molecular complexity index is 805. The van der Waals surface area contributed by atoms with Crippen molar-refractivity contribution in [3.05, 3.63) is 46.4 Å². The lowest BCUT2D eigenvalue weighted by Gasteiger charge is -2.37. The highest BCUT2D eigenvalue weighted by Gasteiger charge is 2.27. The quantitative estimate of drug-likeness (QED) is 0.635. The second kappa shape index (κ2) is 9.17. The smallest absolute Gasteiger partial charge is 0.410 e. The minimum absolute atomic E-state index is 0.145. The zero-order valence-electron chi connectivity index (χ0n) is 17.4. The number of nitrogens with two attached hydrogens (primary N) is 3. The molecule has 0 radical (unpaired) electrons. The summed E-state index contributed by atoms with van der Waals surface area (Å²) in [5.41, 5.74) is 19.3. The van der Waals surface area contributed by atoms with E-state index >= 15 is 0 Å². The molecular weight excluding hydrogens is 394 g/mol. The van der Waals surface area contributed by atoms with Gasteiger partial charge in [-0.25, -0.2) is 4.79 Å². The van der Waals surface area contributed by atoms with E-state index in [2.05, 4.69) is 0 Å². The maximum absolute atomic E-state index is 12.3. The normalized spacial score (nSPS) is 15.1. The monoisotopic (exact) mass is 423 g/mol. The second-order valence-corrected chi connectivity index (χ2v) is 8.18. The number of carbonyl (C=O) groups excluding carboxylic acids is 1. The van der Waals surface area contributed by atoms with E-state index in [1.54, 1.807) is 36.3 Å². The van der Waals surface area contributed by atoms with Crippen LogP contribution in [0.3, 0.4) is 0 Å². The number of hydrogen-bond donors (Lipinski definition) is 3. The van der Waals surface area contributed by atoms with E-state index < -0.39 is 5.60 Å². The van der Waals surface area contributed by atoms with E-state index in [9.17, 15) is 4.79 Å². The van der Waals surface area contributed by atoms with Gasteiger partial charge in [-0.1, -0.05) is 11.6 Å². The molecule has 1 heterocycles. The number of nitrogens with zero attached hydrogens (tertiary/aromatic N) is 2. The first-order valence-corrected chi connectivity index (χ1v) is 9.69. The molecule has 0 unspecified atom stereocenters. The summed E-state index contributed by atoms with van der Waals surface area (Å²) < 4.78 is 10.8. The van der Waals surface area contributed by atoms with Gasteiger partial charge in [-0.3, -0.25) is 0 Å². The Morgan fingerprint density at radius 1 is 1.10 bits per heavy atom. The predicted molar refractivity (Wildman–Crippen MR) is 115 cm³/mol. The van der Waals surface area contributed by atoms with Crippen molar-refractivity contribution in [3.63, 3.8) is 0 Å². The molecule has 1 aromatic rings. The molecule has 2 rings (SSSR count). The van der Waals surface area contributed by atoms with E-state index in [0.29, 0.717) is 53.9 Å². The summed E-state index contributed by atoms with van der Waals surface area (Å²) in [6, 6.07) is 5.19. The van der Waals surface area contributed by atoms with Crippen LogP contribution in [0.1, 0.15) is 26.3 Å². The minimum Gasteiger partial charge on any atom is -0.496 e. The molecule has 1 saturated heterocycles. The van der Waals surface area contributed by atoms with Crippen LogP contribution in [0.4, 0.5) is 4.79 Å². The Morgan fingerprint density at radius 2 is 1.69 bits per heavy atom. The molecule has 29 heavy (non-hydrogen) atoms. The summed E-state index contributed by atoms with van der Waals surface area (Å²) in [4.78, 5) is 15.9. The largest absolute Gasteiger partial charge is 0.496 e. The summed E-state index contributed by atoms with van der Waals surface area (Å²) in [5, 5.41) is 0.547. The molecule has 0 saturated carbocycles. The van der Waals surface area contributed by atoms with Crippen molar-refractivity contribution >= 4 is 23.4 Å². The molecule has 0 aliphatic carbocycles. The van der Waals surface area contributed by atoms with Gasteiger partial charge in [0.05, 0.1) is 12.8 Å².